The molecular weight excluding hydrogens is 236 g/mol. The number of nitrogens with two attached hydrogens (primary N) is 1. The Morgan fingerprint density at radius 1 is 1.00 bits per heavy atom. The molecule has 2 aromatic carbocycles. The minimum atomic E-state index is -0.219. The number of guanidine groups is 1. The second-order valence-electron chi connectivity index (χ2n) is 3.98. The van der Waals surface area contributed by atoms with Crippen molar-refractivity contribution in [3.05, 3.63) is 71.8 Å². The number of hydrogen-bond acceptors (Lipinski definition) is 2. The van der Waals surface area contributed by atoms with Gasteiger partial charge in [-0.1, -0.05) is 60.7 Å². The molecule has 0 aliphatic carbocycles. The van der Waals surface area contributed by atoms with Crippen LogP contribution in [-0.2, 0) is 0 Å². The van der Waals surface area contributed by atoms with Crippen molar-refractivity contribution < 1.29 is 0 Å². The van der Waals surface area contributed by atoms with Gasteiger partial charge < -0.3 is 5.73 Å². The molecular formula is C15H14N4. The molecule has 0 unspecified atom stereocenters. The lowest BCUT2D eigenvalue weighted by Crippen LogP contribution is -2.28. The van der Waals surface area contributed by atoms with Gasteiger partial charge in [0.25, 0.3) is 0 Å². The summed E-state index contributed by atoms with van der Waals surface area (Å²) in [7, 11) is 0. The Morgan fingerprint density at radius 2 is 1.47 bits per heavy atom. The number of nitriles is 1. The summed E-state index contributed by atoms with van der Waals surface area (Å²) in [5, 5.41) is 10.9. The predicted molar refractivity (Wildman–Crippen MR) is 75.1 cm³/mol. The lowest BCUT2D eigenvalue weighted by Gasteiger charge is -2.14. The number of aliphatic imine (C=N–C) groups is 1. The SMILES string of the molecule is N#CNC(N)=NC(c1ccccc1)c1ccccc1. The first-order valence-electron chi connectivity index (χ1n) is 5.89. The van der Waals surface area contributed by atoms with Crippen LogP contribution in [0.5, 0.6) is 0 Å². The van der Waals surface area contributed by atoms with Gasteiger partial charge in [-0.15, -0.1) is 0 Å². The summed E-state index contributed by atoms with van der Waals surface area (Å²) in [5.74, 6) is 0.111. The first-order valence-corrected chi connectivity index (χ1v) is 5.89. The molecule has 0 saturated heterocycles. The summed E-state index contributed by atoms with van der Waals surface area (Å²) in [6, 6.07) is 19.4. The van der Waals surface area contributed by atoms with E-state index in [1.807, 2.05) is 60.7 Å². The molecule has 2 aromatic rings. The van der Waals surface area contributed by atoms with Crippen molar-refractivity contribution >= 4 is 5.96 Å². The molecule has 0 aliphatic heterocycles. The molecule has 94 valence electrons. The van der Waals surface area contributed by atoms with Crippen molar-refractivity contribution in [2.75, 3.05) is 0 Å². The molecule has 0 amide bonds. The topological polar surface area (TPSA) is 74.2 Å². The lowest BCUT2D eigenvalue weighted by atomic mass is 9.99. The zero-order valence-corrected chi connectivity index (χ0v) is 10.3. The standard InChI is InChI=1S/C15H14N4/c16-11-18-15(17)19-14(12-7-3-1-4-8-12)13-9-5-2-6-10-13/h1-10,14H,(H3,17,18,19). The van der Waals surface area contributed by atoms with E-state index < -0.39 is 0 Å². The van der Waals surface area contributed by atoms with Gasteiger partial charge in [-0.25, -0.2) is 4.99 Å². The second kappa shape index (κ2) is 6.22. The van der Waals surface area contributed by atoms with Crippen LogP contribution in [0.1, 0.15) is 17.2 Å². The van der Waals surface area contributed by atoms with Crippen LogP contribution in [0.4, 0.5) is 0 Å². The first-order chi connectivity index (χ1) is 9.31. The van der Waals surface area contributed by atoms with Gasteiger partial charge in [-0.2, -0.15) is 5.26 Å². The van der Waals surface area contributed by atoms with Crippen LogP contribution in [0.15, 0.2) is 65.7 Å². The quantitative estimate of drug-likeness (QED) is 0.379. The molecule has 3 N–H and O–H groups in total. The second-order valence-corrected chi connectivity index (χ2v) is 3.98. The highest BCUT2D eigenvalue weighted by molar-refractivity contribution is 5.79. The van der Waals surface area contributed by atoms with E-state index in [1.165, 1.54) is 0 Å². The van der Waals surface area contributed by atoms with Gasteiger partial charge in [-0.05, 0) is 11.1 Å². The molecule has 0 heterocycles. The van der Waals surface area contributed by atoms with E-state index in [2.05, 4.69) is 10.3 Å². The lowest BCUT2D eigenvalue weighted by molar-refractivity contribution is 0.861. The van der Waals surface area contributed by atoms with Crippen molar-refractivity contribution in [3.8, 4) is 6.19 Å². The van der Waals surface area contributed by atoms with Crippen molar-refractivity contribution in [2.45, 2.75) is 6.04 Å². The summed E-state index contributed by atoms with van der Waals surface area (Å²) in [4.78, 5) is 4.37. The average Bonchev–Trinajstić information content (AvgIpc) is 2.47. The molecule has 0 spiro atoms. The van der Waals surface area contributed by atoms with Gasteiger partial charge >= 0.3 is 0 Å². The zero-order chi connectivity index (χ0) is 13.5. The van der Waals surface area contributed by atoms with E-state index in [4.69, 9.17) is 11.0 Å². The van der Waals surface area contributed by atoms with E-state index >= 15 is 0 Å². The van der Waals surface area contributed by atoms with Gasteiger partial charge in [0, 0.05) is 0 Å². The van der Waals surface area contributed by atoms with Gasteiger partial charge in [0.15, 0.2) is 6.19 Å². The zero-order valence-electron chi connectivity index (χ0n) is 10.3. The first kappa shape index (κ1) is 12.7. The highest BCUT2D eigenvalue weighted by Gasteiger charge is 2.12. The van der Waals surface area contributed by atoms with Crippen LogP contribution in [0, 0.1) is 11.5 Å². The Hall–Kier alpha value is -2.80. The summed E-state index contributed by atoms with van der Waals surface area (Å²) in [6.45, 7) is 0. The van der Waals surface area contributed by atoms with Crippen molar-refractivity contribution in [3.63, 3.8) is 0 Å². The molecule has 4 heteroatoms. The highest BCUT2D eigenvalue weighted by atomic mass is 15.1. The van der Waals surface area contributed by atoms with Crippen LogP contribution < -0.4 is 11.1 Å². The number of hydrogen-bond donors (Lipinski definition) is 2. The normalized spacial score (nSPS) is 11.1. The van der Waals surface area contributed by atoms with Crippen molar-refractivity contribution in [2.24, 2.45) is 10.7 Å². The number of benzene rings is 2. The maximum Gasteiger partial charge on any atom is 0.202 e. The smallest absolute Gasteiger partial charge is 0.202 e. The van der Waals surface area contributed by atoms with Gasteiger partial charge in [0.2, 0.25) is 5.96 Å². The Morgan fingerprint density at radius 3 is 1.89 bits per heavy atom. The Labute approximate surface area is 112 Å². The van der Waals surface area contributed by atoms with Crippen molar-refractivity contribution in [1.29, 1.82) is 5.26 Å². The van der Waals surface area contributed by atoms with Crippen molar-refractivity contribution in [1.82, 2.24) is 5.32 Å². The minimum Gasteiger partial charge on any atom is -0.369 e. The largest absolute Gasteiger partial charge is 0.369 e. The predicted octanol–water partition coefficient (Wildman–Crippen LogP) is 2.16. The van der Waals surface area contributed by atoms with Crippen LogP contribution >= 0.6 is 0 Å². The molecule has 0 aliphatic rings. The third-order valence-corrected chi connectivity index (χ3v) is 2.68. The van der Waals surface area contributed by atoms with E-state index in [0.29, 0.717) is 0 Å². The fraction of sp³-hybridized carbons (Fsp3) is 0.0667. The van der Waals surface area contributed by atoms with Crippen LogP contribution in [-0.4, -0.2) is 5.96 Å². The molecule has 0 fully saturated rings. The molecule has 0 saturated carbocycles. The number of nitrogens with zero attached hydrogens (tertiary/aromatic N) is 2. The summed E-state index contributed by atoms with van der Waals surface area (Å²) >= 11 is 0. The summed E-state index contributed by atoms with van der Waals surface area (Å²) in [5.41, 5.74) is 7.73. The third kappa shape index (κ3) is 3.33. The maximum atomic E-state index is 8.57. The highest BCUT2D eigenvalue weighted by Crippen LogP contribution is 2.25. The molecule has 4 nitrogen and oxygen atoms in total. The number of rotatable bonds is 3. The average molecular weight is 250 g/mol. The molecule has 19 heavy (non-hydrogen) atoms. The molecule has 0 aromatic heterocycles. The third-order valence-electron chi connectivity index (χ3n) is 2.68. The van der Waals surface area contributed by atoms with E-state index in [9.17, 15) is 0 Å². The van der Waals surface area contributed by atoms with Gasteiger partial charge in [0.05, 0.1) is 0 Å². The molecule has 0 radical (unpaired) electrons. The Balaban J connectivity index is 2.41. The summed E-state index contributed by atoms with van der Waals surface area (Å²) in [6.07, 6.45) is 1.77. The van der Waals surface area contributed by atoms with Crippen LogP contribution in [0.3, 0.4) is 0 Å². The van der Waals surface area contributed by atoms with E-state index in [-0.39, 0.29) is 12.0 Å². The fourth-order valence-corrected chi connectivity index (χ4v) is 1.84. The van der Waals surface area contributed by atoms with Crippen LogP contribution in [0.25, 0.3) is 0 Å². The molecule has 0 atom stereocenters. The van der Waals surface area contributed by atoms with Crippen LogP contribution in [0.2, 0.25) is 0 Å². The van der Waals surface area contributed by atoms with E-state index in [1.54, 1.807) is 6.19 Å². The summed E-state index contributed by atoms with van der Waals surface area (Å²) < 4.78 is 0. The molecule has 2 rings (SSSR count). The molecule has 0 bridgehead atoms. The van der Waals surface area contributed by atoms with Gasteiger partial charge in [-0.3, -0.25) is 5.32 Å². The maximum absolute atomic E-state index is 8.57. The monoisotopic (exact) mass is 250 g/mol. The van der Waals surface area contributed by atoms with Gasteiger partial charge in [0.1, 0.15) is 6.04 Å². The Kier molecular flexibility index (Phi) is 4.14. The van der Waals surface area contributed by atoms with E-state index in [0.717, 1.165) is 11.1 Å². The minimum absolute atomic E-state index is 0.111. The number of nitrogens with one attached hydrogen (secondary N) is 1. The Bertz CT molecular complexity index is 545. The fourth-order valence-electron chi connectivity index (χ4n) is 1.84.